The van der Waals surface area contributed by atoms with Crippen molar-refractivity contribution in [2.75, 3.05) is 6.61 Å². The lowest BCUT2D eigenvalue weighted by molar-refractivity contribution is 0.0849. The van der Waals surface area contributed by atoms with E-state index >= 15 is 0 Å². The highest BCUT2D eigenvalue weighted by Crippen LogP contribution is 2.20. The maximum absolute atomic E-state index is 13.1. The number of benzene rings is 2. The van der Waals surface area contributed by atoms with E-state index in [1.54, 1.807) is 6.92 Å². The SMILES string of the molecule is CC(CO)(NC(=O)c1cccc(F)c1)c1ccccc1. The van der Waals surface area contributed by atoms with E-state index < -0.39 is 17.3 Å². The van der Waals surface area contributed by atoms with E-state index in [9.17, 15) is 14.3 Å². The lowest BCUT2D eigenvalue weighted by Gasteiger charge is -2.29. The molecule has 0 fully saturated rings. The summed E-state index contributed by atoms with van der Waals surface area (Å²) in [5.41, 5.74) is 0.0952. The first-order valence-corrected chi connectivity index (χ1v) is 6.29. The number of halogens is 1. The Bertz CT molecular complexity index is 600. The Morgan fingerprint density at radius 3 is 2.50 bits per heavy atom. The van der Waals surface area contributed by atoms with Gasteiger partial charge in [-0.2, -0.15) is 0 Å². The lowest BCUT2D eigenvalue weighted by atomic mass is 9.92. The summed E-state index contributed by atoms with van der Waals surface area (Å²) >= 11 is 0. The summed E-state index contributed by atoms with van der Waals surface area (Å²) in [6.07, 6.45) is 0. The summed E-state index contributed by atoms with van der Waals surface area (Å²) in [4.78, 5) is 12.2. The van der Waals surface area contributed by atoms with Crippen LogP contribution in [0.1, 0.15) is 22.8 Å². The number of aliphatic hydroxyl groups excluding tert-OH is 1. The van der Waals surface area contributed by atoms with E-state index in [0.717, 1.165) is 11.6 Å². The molecule has 4 heteroatoms. The maximum atomic E-state index is 13.1. The number of hydrogen-bond donors (Lipinski definition) is 2. The van der Waals surface area contributed by atoms with Gasteiger partial charge in [0.1, 0.15) is 5.82 Å². The van der Waals surface area contributed by atoms with Crippen molar-refractivity contribution < 1.29 is 14.3 Å². The van der Waals surface area contributed by atoms with Gasteiger partial charge < -0.3 is 10.4 Å². The zero-order valence-corrected chi connectivity index (χ0v) is 11.1. The third-order valence-electron chi connectivity index (χ3n) is 3.20. The topological polar surface area (TPSA) is 49.3 Å². The monoisotopic (exact) mass is 273 g/mol. The Hall–Kier alpha value is -2.20. The van der Waals surface area contributed by atoms with Gasteiger partial charge in [0, 0.05) is 5.56 Å². The van der Waals surface area contributed by atoms with Crippen molar-refractivity contribution >= 4 is 5.91 Å². The van der Waals surface area contributed by atoms with Crippen molar-refractivity contribution in [1.82, 2.24) is 5.32 Å². The Labute approximate surface area is 117 Å². The number of aliphatic hydroxyl groups is 1. The fraction of sp³-hybridized carbons (Fsp3) is 0.188. The highest BCUT2D eigenvalue weighted by atomic mass is 19.1. The Morgan fingerprint density at radius 2 is 1.90 bits per heavy atom. The van der Waals surface area contributed by atoms with Crippen molar-refractivity contribution in [3.8, 4) is 0 Å². The van der Waals surface area contributed by atoms with Gasteiger partial charge in [-0.25, -0.2) is 4.39 Å². The Morgan fingerprint density at radius 1 is 1.20 bits per heavy atom. The fourth-order valence-electron chi connectivity index (χ4n) is 1.96. The highest BCUT2D eigenvalue weighted by Gasteiger charge is 2.28. The summed E-state index contributed by atoms with van der Waals surface area (Å²) in [5.74, 6) is -0.895. The van der Waals surface area contributed by atoms with Gasteiger partial charge >= 0.3 is 0 Å². The van der Waals surface area contributed by atoms with Crippen LogP contribution in [0.5, 0.6) is 0 Å². The largest absolute Gasteiger partial charge is 0.394 e. The van der Waals surface area contributed by atoms with Gasteiger partial charge in [0.15, 0.2) is 0 Å². The van der Waals surface area contributed by atoms with Crippen LogP contribution >= 0.6 is 0 Å². The minimum Gasteiger partial charge on any atom is -0.394 e. The number of amides is 1. The molecule has 0 radical (unpaired) electrons. The third-order valence-corrected chi connectivity index (χ3v) is 3.20. The average Bonchev–Trinajstić information content (AvgIpc) is 2.48. The molecule has 2 N–H and O–H groups in total. The van der Waals surface area contributed by atoms with Crippen LogP contribution in [0.3, 0.4) is 0 Å². The van der Waals surface area contributed by atoms with Gasteiger partial charge in [0.2, 0.25) is 0 Å². The lowest BCUT2D eigenvalue weighted by Crippen LogP contribution is -2.46. The van der Waals surface area contributed by atoms with Crippen molar-refractivity contribution in [1.29, 1.82) is 0 Å². The molecule has 0 aliphatic carbocycles. The Kier molecular flexibility index (Phi) is 4.15. The van der Waals surface area contributed by atoms with Crippen LogP contribution in [0.15, 0.2) is 54.6 Å². The predicted molar refractivity (Wildman–Crippen MR) is 74.7 cm³/mol. The van der Waals surface area contributed by atoms with Crippen LogP contribution in [0.25, 0.3) is 0 Å². The second kappa shape index (κ2) is 5.84. The van der Waals surface area contributed by atoms with E-state index in [2.05, 4.69) is 5.32 Å². The molecule has 1 atom stereocenters. The quantitative estimate of drug-likeness (QED) is 0.899. The molecule has 0 heterocycles. The number of carbonyl (C=O) groups is 1. The van der Waals surface area contributed by atoms with E-state index in [0.29, 0.717) is 0 Å². The molecule has 1 unspecified atom stereocenters. The normalized spacial score (nSPS) is 13.6. The second-order valence-electron chi connectivity index (χ2n) is 4.82. The van der Waals surface area contributed by atoms with Gasteiger partial charge in [-0.15, -0.1) is 0 Å². The molecule has 2 aromatic rings. The van der Waals surface area contributed by atoms with Crippen molar-refractivity contribution in [3.63, 3.8) is 0 Å². The molecule has 0 saturated carbocycles. The molecule has 0 saturated heterocycles. The number of nitrogens with one attached hydrogen (secondary N) is 1. The first-order valence-electron chi connectivity index (χ1n) is 6.29. The maximum Gasteiger partial charge on any atom is 0.252 e. The molecule has 2 aromatic carbocycles. The summed E-state index contributed by atoms with van der Waals surface area (Å²) in [7, 11) is 0. The molecule has 1 amide bonds. The Balaban J connectivity index is 2.24. The zero-order chi connectivity index (χ0) is 14.6. The number of rotatable bonds is 4. The second-order valence-corrected chi connectivity index (χ2v) is 4.82. The van der Waals surface area contributed by atoms with E-state index in [-0.39, 0.29) is 12.2 Å². The molecule has 0 aliphatic rings. The number of carbonyl (C=O) groups excluding carboxylic acids is 1. The van der Waals surface area contributed by atoms with Crippen LogP contribution in [0.2, 0.25) is 0 Å². The standard InChI is InChI=1S/C16H16FNO2/c1-16(11-19,13-7-3-2-4-8-13)18-15(20)12-6-5-9-14(17)10-12/h2-10,19H,11H2,1H3,(H,18,20). The van der Waals surface area contributed by atoms with Crippen LogP contribution in [-0.2, 0) is 5.54 Å². The highest BCUT2D eigenvalue weighted by molar-refractivity contribution is 5.94. The summed E-state index contributed by atoms with van der Waals surface area (Å²) in [6, 6.07) is 14.6. The first-order chi connectivity index (χ1) is 9.55. The summed E-state index contributed by atoms with van der Waals surface area (Å²) in [6.45, 7) is 1.47. The molecule has 104 valence electrons. The van der Waals surface area contributed by atoms with Crippen LogP contribution < -0.4 is 5.32 Å². The van der Waals surface area contributed by atoms with Gasteiger partial charge in [0.05, 0.1) is 12.1 Å². The zero-order valence-electron chi connectivity index (χ0n) is 11.1. The minimum absolute atomic E-state index is 0.223. The van der Waals surface area contributed by atoms with Crippen LogP contribution in [0, 0.1) is 5.82 Å². The smallest absolute Gasteiger partial charge is 0.252 e. The van der Waals surface area contributed by atoms with Crippen molar-refractivity contribution in [3.05, 3.63) is 71.5 Å². The third kappa shape index (κ3) is 3.03. The molecule has 2 rings (SSSR count). The van der Waals surface area contributed by atoms with Crippen molar-refractivity contribution in [2.45, 2.75) is 12.5 Å². The van der Waals surface area contributed by atoms with Gasteiger partial charge in [-0.05, 0) is 30.7 Å². The number of hydrogen-bond acceptors (Lipinski definition) is 2. The van der Waals surface area contributed by atoms with Gasteiger partial charge in [-0.3, -0.25) is 4.79 Å². The summed E-state index contributed by atoms with van der Waals surface area (Å²) < 4.78 is 13.1. The van der Waals surface area contributed by atoms with E-state index in [4.69, 9.17) is 0 Å². The van der Waals surface area contributed by atoms with E-state index in [1.165, 1.54) is 18.2 Å². The molecular weight excluding hydrogens is 257 g/mol. The van der Waals surface area contributed by atoms with Gasteiger partial charge in [0.25, 0.3) is 5.91 Å². The molecule has 0 spiro atoms. The summed E-state index contributed by atoms with van der Waals surface area (Å²) in [5, 5.41) is 12.3. The van der Waals surface area contributed by atoms with E-state index in [1.807, 2.05) is 30.3 Å². The van der Waals surface area contributed by atoms with Crippen LogP contribution in [-0.4, -0.2) is 17.6 Å². The molecule has 3 nitrogen and oxygen atoms in total. The van der Waals surface area contributed by atoms with Crippen LogP contribution in [0.4, 0.5) is 4.39 Å². The molecule has 0 aliphatic heterocycles. The average molecular weight is 273 g/mol. The van der Waals surface area contributed by atoms with Crippen molar-refractivity contribution in [2.24, 2.45) is 0 Å². The first kappa shape index (κ1) is 14.2. The van der Waals surface area contributed by atoms with Gasteiger partial charge in [-0.1, -0.05) is 36.4 Å². The molecule has 20 heavy (non-hydrogen) atoms. The molecule has 0 bridgehead atoms. The predicted octanol–water partition coefficient (Wildman–Crippen LogP) is 2.46. The fourth-order valence-corrected chi connectivity index (χ4v) is 1.96. The molecular formula is C16H16FNO2. The molecule has 0 aromatic heterocycles. The minimum atomic E-state index is -0.912.